The molecule has 0 aliphatic rings. The normalized spacial score (nSPS) is 10.6. The second-order valence-corrected chi connectivity index (χ2v) is 4.04. The van der Waals surface area contributed by atoms with E-state index in [1.54, 1.807) is 13.2 Å². The molecule has 1 amide bonds. The van der Waals surface area contributed by atoms with E-state index in [1.807, 2.05) is 13.8 Å². The number of aryl methyl sites for hydroxylation is 3. The minimum atomic E-state index is -0.346. The first-order valence-corrected chi connectivity index (χ1v) is 5.47. The van der Waals surface area contributed by atoms with Crippen molar-refractivity contribution >= 4 is 11.6 Å². The fraction of sp³-hybridized carbons (Fsp3) is 0.364. The van der Waals surface area contributed by atoms with Gasteiger partial charge in [0.05, 0.1) is 17.9 Å². The van der Waals surface area contributed by atoms with Gasteiger partial charge >= 0.3 is 0 Å². The third kappa shape index (κ3) is 2.34. The zero-order chi connectivity index (χ0) is 13.3. The lowest BCUT2D eigenvalue weighted by atomic mass is 10.3. The van der Waals surface area contributed by atoms with Crippen LogP contribution < -0.4 is 11.1 Å². The average Bonchev–Trinajstić information content (AvgIpc) is 2.79. The molecule has 0 radical (unpaired) electrons. The van der Waals surface area contributed by atoms with Crippen LogP contribution in [0.25, 0.3) is 0 Å². The third-order valence-electron chi connectivity index (χ3n) is 2.55. The number of oxazole rings is 1. The van der Waals surface area contributed by atoms with Crippen LogP contribution in [0.4, 0.5) is 5.69 Å². The van der Waals surface area contributed by atoms with Crippen LogP contribution in [-0.2, 0) is 13.6 Å². The highest BCUT2D eigenvalue weighted by Crippen LogP contribution is 2.10. The topological polar surface area (TPSA) is 99.0 Å². The second-order valence-electron chi connectivity index (χ2n) is 4.04. The Labute approximate surface area is 104 Å². The molecule has 0 aliphatic heterocycles. The number of nitrogen functional groups attached to an aromatic ring is 1. The van der Waals surface area contributed by atoms with E-state index in [-0.39, 0.29) is 18.1 Å². The summed E-state index contributed by atoms with van der Waals surface area (Å²) in [6, 6.07) is 0. The monoisotopic (exact) mass is 249 g/mol. The van der Waals surface area contributed by atoms with Crippen LogP contribution in [0.2, 0.25) is 0 Å². The van der Waals surface area contributed by atoms with E-state index in [0.29, 0.717) is 11.6 Å². The Balaban J connectivity index is 2.02. The number of aromatic nitrogens is 3. The summed E-state index contributed by atoms with van der Waals surface area (Å²) in [4.78, 5) is 16.0. The van der Waals surface area contributed by atoms with Gasteiger partial charge in [-0.3, -0.25) is 9.48 Å². The van der Waals surface area contributed by atoms with Crippen LogP contribution in [0.15, 0.2) is 10.6 Å². The van der Waals surface area contributed by atoms with E-state index in [4.69, 9.17) is 10.2 Å². The van der Waals surface area contributed by atoms with Gasteiger partial charge in [-0.15, -0.1) is 0 Å². The predicted molar refractivity (Wildman–Crippen MR) is 64.8 cm³/mol. The van der Waals surface area contributed by atoms with Crippen molar-refractivity contribution in [3.8, 4) is 0 Å². The highest BCUT2D eigenvalue weighted by atomic mass is 16.4. The Bertz CT molecular complexity index is 565. The van der Waals surface area contributed by atoms with Gasteiger partial charge < -0.3 is 15.5 Å². The molecule has 0 unspecified atom stereocenters. The van der Waals surface area contributed by atoms with E-state index in [0.717, 1.165) is 11.5 Å². The van der Waals surface area contributed by atoms with Crippen molar-refractivity contribution < 1.29 is 9.21 Å². The minimum Gasteiger partial charge on any atom is -0.444 e. The van der Waals surface area contributed by atoms with Gasteiger partial charge in [-0.2, -0.15) is 5.10 Å². The molecule has 0 saturated carbocycles. The fourth-order valence-electron chi connectivity index (χ4n) is 1.54. The number of rotatable bonds is 3. The molecule has 0 aromatic carbocycles. The summed E-state index contributed by atoms with van der Waals surface area (Å²) in [5.41, 5.74) is 7.02. The first-order chi connectivity index (χ1) is 8.47. The summed E-state index contributed by atoms with van der Waals surface area (Å²) in [5.74, 6) is 0.867. The molecule has 0 aliphatic carbocycles. The second kappa shape index (κ2) is 4.52. The van der Waals surface area contributed by atoms with Crippen LogP contribution >= 0.6 is 0 Å². The van der Waals surface area contributed by atoms with Crippen LogP contribution in [0.1, 0.15) is 27.8 Å². The van der Waals surface area contributed by atoms with E-state index in [9.17, 15) is 4.79 Å². The van der Waals surface area contributed by atoms with Crippen molar-refractivity contribution in [2.75, 3.05) is 5.73 Å². The molecule has 0 atom stereocenters. The van der Waals surface area contributed by atoms with E-state index in [2.05, 4.69) is 15.4 Å². The highest BCUT2D eigenvalue weighted by Gasteiger charge is 2.14. The molecule has 18 heavy (non-hydrogen) atoms. The van der Waals surface area contributed by atoms with Gasteiger partial charge in [0.15, 0.2) is 5.69 Å². The lowest BCUT2D eigenvalue weighted by Crippen LogP contribution is -2.24. The van der Waals surface area contributed by atoms with Gasteiger partial charge in [0.1, 0.15) is 5.76 Å². The maximum atomic E-state index is 11.8. The molecule has 7 heteroatoms. The molecule has 0 fully saturated rings. The lowest BCUT2D eigenvalue weighted by Gasteiger charge is -2.00. The first kappa shape index (κ1) is 12.2. The maximum absolute atomic E-state index is 11.8. The highest BCUT2D eigenvalue weighted by molar-refractivity contribution is 5.96. The van der Waals surface area contributed by atoms with Crippen LogP contribution in [0, 0.1) is 13.8 Å². The van der Waals surface area contributed by atoms with E-state index in [1.165, 1.54) is 4.68 Å². The van der Waals surface area contributed by atoms with E-state index >= 15 is 0 Å². The summed E-state index contributed by atoms with van der Waals surface area (Å²) in [6.07, 6.45) is 1.58. The number of anilines is 1. The SMILES string of the molecule is Cc1nc(CNC(=O)c2nn(C)cc2N)oc1C. The molecular weight excluding hydrogens is 234 g/mol. The van der Waals surface area contributed by atoms with Crippen molar-refractivity contribution in [3.63, 3.8) is 0 Å². The third-order valence-corrected chi connectivity index (χ3v) is 2.55. The number of nitrogens with one attached hydrogen (secondary N) is 1. The number of amides is 1. The van der Waals surface area contributed by atoms with Crippen LogP contribution in [-0.4, -0.2) is 20.7 Å². The van der Waals surface area contributed by atoms with Gasteiger partial charge in [-0.05, 0) is 13.8 Å². The summed E-state index contributed by atoms with van der Waals surface area (Å²) >= 11 is 0. The number of hydrogen-bond donors (Lipinski definition) is 2. The molecule has 3 N–H and O–H groups in total. The van der Waals surface area contributed by atoms with E-state index < -0.39 is 0 Å². The molecule has 0 saturated heterocycles. The van der Waals surface area contributed by atoms with Gasteiger partial charge in [-0.1, -0.05) is 0 Å². The average molecular weight is 249 g/mol. The summed E-state index contributed by atoms with van der Waals surface area (Å²) in [5, 5.41) is 6.63. The van der Waals surface area contributed by atoms with Crippen molar-refractivity contribution in [1.82, 2.24) is 20.1 Å². The molecule has 2 aromatic heterocycles. The van der Waals surface area contributed by atoms with Crippen LogP contribution in [0.5, 0.6) is 0 Å². The molecule has 2 aromatic rings. The Kier molecular flexibility index (Phi) is 3.05. The predicted octanol–water partition coefficient (Wildman–Crippen LogP) is 0.537. The number of carbonyl (C=O) groups excluding carboxylic acids is 1. The molecule has 7 nitrogen and oxygen atoms in total. The van der Waals surface area contributed by atoms with Gasteiger partial charge in [0.25, 0.3) is 5.91 Å². The molecular formula is C11H15N5O2. The summed E-state index contributed by atoms with van der Waals surface area (Å²) in [6.45, 7) is 3.88. The Hall–Kier alpha value is -2.31. The zero-order valence-electron chi connectivity index (χ0n) is 10.5. The minimum absolute atomic E-state index is 0.206. The largest absolute Gasteiger partial charge is 0.444 e. The molecule has 2 rings (SSSR count). The smallest absolute Gasteiger partial charge is 0.274 e. The molecule has 0 spiro atoms. The summed E-state index contributed by atoms with van der Waals surface area (Å²) < 4.78 is 6.84. The zero-order valence-corrected chi connectivity index (χ0v) is 10.5. The van der Waals surface area contributed by atoms with Gasteiger partial charge in [0, 0.05) is 13.2 Å². The number of carbonyl (C=O) groups is 1. The Morgan fingerprint density at radius 2 is 2.28 bits per heavy atom. The number of nitrogens with zero attached hydrogens (tertiary/aromatic N) is 3. The van der Waals surface area contributed by atoms with Gasteiger partial charge in [0.2, 0.25) is 5.89 Å². The Morgan fingerprint density at radius 3 is 2.78 bits per heavy atom. The standard InChI is InChI=1S/C11H15N5O2/c1-6-7(2)18-9(14-6)4-13-11(17)10-8(12)5-16(3)15-10/h5H,4,12H2,1-3H3,(H,13,17). The van der Waals surface area contributed by atoms with Crippen molar-refractivity contribution in [2.24, 2.45) is 7.05 Å². The number of hydrogen-bond acceptors (Lipinski definition) is 5. The Morgan fingerprint density at radius 1 is 1.56 bits per heavy atom. The van der Waals surface area contributed by atoms with Crippen molar-refractivity contribution in [2.45, 2.75) is 20.4 Å². The quantitative estimate of drug-likeness (QED) is 0.827. The summed E-state index contributed by atoms with van der Waals surface area (Å²) in [7, 11) is 1.70. The lowest BCUT2D eigenvalue weighted by molar-refractivity contribution is 0.0942. The maximum Gasteiger partial charge on any atom is 0.274 e. The molecule has 0 bridgehead atoms. The van der Waals surface area contributed by atoms with Crippen LogP contribution in [0.3, 0.4) is 0 Å². The molecule has 2 heterocycles. The van der Waals surface area contributed by atoms with Gasteiger partial charge in [-0.25, -0.2) is 4.98 Å². The first-order valence-electron chi connectivity index (χ1n) is 5.47. The fourth-order valence-corrected chi connectivity index (χ4v) is 1.54. The molecule has 96 valence electrons. The van der Waals surface area contributed by atoms with Crippen molar-refractivity contribution in [3.05, 3.63) is 29.2 Å². The van der Waals surface area contributed by atoms with Crippen molar-refractivity contribution in [1.29, 1.82) is 0 Å². The number of nitrogens with two attached hydrogens (primary N) is 1.